The van der Waals surface area contributed by atoms with Crippen LogP contribution in [0.4, 0.5) is 0 Å². The number of aliphatic hydroxyl groups excluding tert-OH is 1. The lowest BCUT2D eigenvalue weighted by molar-refractivity contribution is -0.346. The van der Waals surface area contributed by atoms with Crippen molar-refractivity contribution in [1.82, 2.24) is 26.6 Å². The van der Waals surface area contributed by atoms with Gasteiger partial charge in [-0.1, -0.05) is 104 Å². The summed E-state index contributed by atoms with van der Waals surface area (Å²) in [6, 6.07) is 25.6. The number of ether oxygens (including phenoxy) is 6. The first-order valence-corrected chi connectivity index (χ1v) is 33.5. The fraction of sp³-hybridized carbons (Fsp3) is 0.452. The molecule has 3 aliphatic carbocycles. The van der Waals surface area contributed by atoms with Crippen molar-refractivity contribution in [2.24, 2.45) is 28.2 Å². The Morgan fingerprint density at radius 2 is 1.35 bits per heavy atom. The number of unbranched alkanes of at least 4 members (excludes halogenated alkanes) is 1. The zero-order valence-electron chi connectivity index (χ0n) is 57.0. The van der Waals surface area contributed by atoms with Crippen LogP contribution in [0.1, 0.15) is 138 Å². The number of nitrogens with two attached hydrogens (primary N) is 2. The normalized spacial score (nSPS) is 24.8. The molecule has 1 heterocycles. The summed E-state index contributed by atoms with van der Waals surface area (Å²) in [4.78, 5) is 164. The Bertz CT molecular complexity index is 3820. The first kappa shape index (κ1) is 77.1. The number of amides is 7. The number of carbonyl (C=O) groups is 12. The minimum absolute atomic E-state index is 0.0121. The van der Waals surface area contributed by atoms with Crippen LogP contribution in [-0.2, 0) is 76.4 Å². The fourth-order valence-electron chi connectivity index (χ4n) is 13.9. The number of benzene rings is 4. The van der Waals surface area contributed by atoms with Crippen molar-refractivity contribution >= 4 is 88.7 Å². The Labute approximate surface area is 588 Å². The van der Waals surface area contributed by atoms with E-state index in [-0.39, 0.29) is 80.4 Å². The molecule has 2 saturated carbocycles. The molecule has 0 radical (unpaired) electrons. The summed E-state index contributed by atoms with van der Waals surface area (Å²) in [5.74, 6) is -11.6. The van der Waals surface area contributed by atoms with E-state index in [2.05, 4.69) is 26.6 Å². The van der Waals surface area contributed by atoms with E-state index in [1.807, 2.05) is 0 Å². The molecular weight excluding hydrogens is 1330 g/mol. The number of primary amides is 2. The Hall–Kier alpha value is -9.67. The minimum Gasteiger partial charge on any atom is -0.456 e. The smallest absolute Gasteiger partial charge is 0.338 e. The van der Waals surface area contributed by atoms with Gasteiger partial charge >= 0.3 is 23.9 Å². The summed E-state index contributed by atoms with van der Waals surface area (Å²) in [5.41, 5.74) is 4.12. The summed E-state index contributed by atoms with van der Waals surface area (Å²) in [6.07, 6.45) is -8.73. The average Bonchev–Trinajstić information content (AvgIpc) is 0.669. The van der Waals surface area contributed by atoms with E-state index >= 15 is 9.59 Å². The summed E-state index contributed by atoms with van der Waals surface area (Å²) in [5, 5.41) is 40.0. The highest BCUT2D eigenvalue weighted by Gasteiger charge is 2.78. The van der Waals surface area contributed by atoms with E-state index in [9.17, 15) is 58.2 Å². The van der Waals surface area contributed by atoms with Crippen LogP contribution >= 0.6 is 11.6 Å². The number of esters is 4. The first-order chi connectivity index (χ1) is 47.8. The zero-order chi connectivity index (χ0) is 73.7. The van der Waals surface area contributed by atoms with Crippen LogP contribution < -0.4 is 38.1 Å². The molecule has 1 saturated heterocycles. The molecule has 0 spiro atoms. The molecule has 28 heteroatoms. The summed E-state index contributed by atoms with van der Waals surface area (Å²) in [7, 11) is 0. The lowest BCUT2D eigenvalue weighted by Gasteiger charge is -2.67. The topological polar surface area (TPSA) is 413 Å². The van der Waals surface area contributed by atoms with Crippen molar-refractivity contribution in [3.8, 4) is 0 Å². The Morgan fingerprint density at radius 3 is 1.94 bits per heavy atom. The first-order valence-electron chi connectivity index (χ1n) is 33.1. The lowest BCUT2D eigenvalue weighted by Crippen LogP contribution is -2.82. The number of hydrogen-bond acceptors (Lipinski definition) is 20. The quantitative estimate of drug-likeness (QED) is 0.0117. The molecule has 27 nitrogen and oxygen atoms in total. The maximum Gasteiger partial charge on any atom is 0.338 e. The predicted molar refractivity (Wildman–Crippen MR) is 362 cm³/mol. The van der Waals surface area contributed by atoms with Crippen molar-refractivity contribution in [1.29, 1.82) is 0 Å². The standard InChI is InChI=1S/C73H86ClN7O20/c1-40-51(38-73(95)63(100-68(93)47-23-15-10-16-24-47)61-71(7,52(84)37-53-72(61,39-97-53)101-43(4)83)62(88)59(98-42(3)82)57(40)70(73,5)6)99-69(94)60(58(45-19-11-8-12-20-45)81-67(92)46-21-13-9-14-22-46)96-36-34-54(85)77-35-18-17-25-49(64(75)89)79-56(87)33-31-50(65(76)90)80-66(91)41(2)78-55(86)32-28-44-26-29-48(74)30-27-44/h8-16,19-24,26-30,32,41,49-53,58-61,63,84,95H,17-18,25,31,33-39H2,1-7H3,(H2,75,89)(H2,76,90)(H,77,85)(H,78,86)(H,79,87)(H,80,91)(H,81,92)/b32-28+/t41-,49-,50+,51-,52-,53+,58-,59+,60+,61-,63-,71+,72-,73+/m0/s1. The second kappa shape index (κ2) is 33.2. The summed E-state index contributed by atoms with van der Waals surface area (Å²) < 4.78 is 37.5. The van der Waals surface area contributed by atoms with Crippen molar-refractivity contribution in [2.75, 3.05) is 19.8 Å². The molecule has 3 fully saturated rings. The van der Waals surface area contributed by atoms with Crippen molar-refractivity contribution in [3.63, 3.8) is 0 Å². The molecule has 4 aliphatic rings. The van der Waals surface area contributed by atoms with Gasteiger partial charge in [-0.25, -0.2) is 9.59 Å². The van der Waals surface area contributed by atoms with Gasteiger partial charge in [0.25, 0.3) is 5.91 Å². The van der Waals surface area contributed by atoms with Crippen LogP contribution in [0.2, 0.25) is 5.02 Å². The number of aliphatic hydroxyl groups is 2. The van der Waals surface area contributed by atoms with E-state index in [1.54, 1.807) is 103 Å². The highest BCUT2D eigenvalue weighted by atomic mass is 35.5. The second-order valence-corrected chi connectivity index (χ2v) is 26.9. The molecule has 0 aromatic heterocycles. The molecule has 540 valence electrons. The van der Waals surface area contributed by atoms with Gasteiger partial charge in [-0.05, 0) is 111 Å². The lowest BCUT2D eigenvalue weighted by atomic mass is 9.44. The summed E-state index contributed by atoms with van der Waals surface area (Å²) >= 11 is 5.91. The number of ketones is 1. The third-order valence-corrected chi connectivity index (χ3v) is 19.6. The maximum absolute atomic E-state index is 15.9. The molecule has 2 bridgehead atoms. The van der Waals surface area contributed by atoms with E-state index in [4.69, 9.17) is 51.5 Å². The van der Waals surface area contributed by atoms with Gasteiger partial charge in [0.05, 0.1) is 42.3 Å². The second-order valence-electron chi connectivity index (χ2n) is 26.4. The Kier molecular flexibility index (Phi) is 25.3. The number of nitrogens with one attached hydrogen (secondary N) is 5. The number of carbonyl (C=O) groups excluding carboxylic acids is 12. The Balaban J connectivity index is 0.988. The monoisotopic (exact) mass is 1420 g/mol. The van der Waals surface area contributed by atoms with Crippen LogP contribution in [0.3, 0.4) is 0 Å². The van der Waals surface area contributed by atoms with Crippen molar-refractivity contribution < 1.29 is 96.2 Å². The van der Waals surface area contributed by atoms with E-state index in [0.717, 1.165) is 13.8 Å². The molecule has 11 N–H and O–H groups in total. The highest BCUT2D eigenvalue weighted by molar-refractivity contribution is 6.30. The molecule has 0 unspecified atom stereocenters. The molecule has 4 aromatic carbocycles. The van der Waals surface area contributed by atoms with Gasteiger partial charge in [-0.15, -0.1) is 0 Å². The van der Waals surface area contributed by atoms with Gasteiger partial charge in [-0.3, -0.25) is 47.9 Å². The van der Waals surface area contributed by atoms with Gasteiger partial charge in [0.15, 0.2) is 23.6 Å². The molecule has 1 aliphatic heterocycles. The maximum atomic E-state index is 15.9. The average molecular weight is 1420 g/mol. The summed E-state index contributed by atoms with van der Waals surface area (Å²) in [6.45, 7) is 8.68. The molecular formula is C73H86ClN7O20. The molecule has 8 rings (SSSR count). The van der Waals surface area contributed by atoms with Gasteiger partial charge in [0.1, 0.15) is 42.0 Å². The number of halogens is 1. The fourth-order valence-corrected chi connectivity index (χ4v) is 14.0. The number of rotatable bonds is 30. The molecule has 7 amide bonds. The minimum atomic E-state index is -2.52. The van der Waals surface area contributed by atoms with E-state index in [0.29, 0.717) is 16.1 Å². The van der Waals surface area contributed by atoms with Crippen LogP contribution in [0.5, 0.6) is 0 Å². The third-order valence-electron chi connectivity index (χ3n) is 19.4. The number of fused-ring (bicyclic) bond motifs is 5. The van der Waals surface area contributed by atoms with Crippen LogP contribution in [0.15, 0.2) is 132 Å². The van der Waals surface area contributed by atoms with E-state index < -0.39 is 173 Å². The SMILES string of the molecule is CC(=O)O[C@H]1C(=O)[C@@]2(C)[C@H]([C@H](OC(=O)c3ccccc3)[C@]3(O)C[C@H](OC(=O)[C@H](OCCC(=O)NCCCC[C@H](NC(=O)CC[C@@H](NC(=O)[C@H](C)NC(=O)/C=C/c4ccc(Cl)cc4)C(N)=O)C(N)=O)[C@@H](NC(=O)c4ccccc4)c4ccccc4)C(C)=C1C3(C)C)[C@]1(OC(C)=O)CO[C@@H]1C[C@@H]2O. The number of Topliss-reactive ketones (excluding diaryl/α,β-unsaturated/α-hetero) is 1. The van der Waals surface area contributed by atoms with Gasteiger partial charge in [0.2, 0.25) is 35.4 Å². The van der Waals surface area contributed by atoms with Crippen LogP contribution in [0.25, 0.3) is 6.08 Å². The number of hydrogen-bond donors (Lipinski definition) is 9. The van der Waals surface area contributed by atoms with Crippen molar-refractivity contribution in [2.45, 2.75) is 172 Å². The van der Waals surface area contributed by atoms with Crippen molar-refractivity contribution in [3.05, 3.63) is 160 Å². The molecule has 4 aromatic rings. The predicted octanol–water partition coefficient (Wildman–Crippen LogP) is 4.03. The van der Waals surface area contributed by atoms with Gasteiger partial charge in [-0.2, -0.15) is 0 Å². The Morgan fingerprint density at radius 1 is 0.733 bits per heavy atom. The molecule has 14 atom stereocenters. The highest BCUT2D eigenvalue weighted by Crippen LogP contribution is 2.64. The molecule has 101 heavy (non-hydrogen) atoms. The van der Waals surface area contributed by atoms with Gasteiger partial charge < -0.3 is 76.7 Å². The largest absolute Gasteiger partial charge is 0.456 e. The van der Waals surface area contributed by atoms with E-state index in [1.165, 1.54) is 58.9 Å². The van der Waals surface area contributed by atoms with Crippen LogP contribution in [-0.4, -0.2) is 167 Å². The van der Waals surface area contributed by atoms with Gasteiger partial charge in [0, 0.05) is 68.2 Å². The third kappa shape index (κ3) is 17.7. The zero-order valence-corrected chi connectivity index (χ0v) is 57.8. The van der Waals surface area contributed by atoms with Crippen LogP contribution in [0, 0.1) is 16.7 Å².